The minimum Gasteiger partial charge on any atom is -0.496 e. The number of para-hydroxylation sites is 1. The van der Waals surface area contributed by atoms with Crippen molar-refractivity contribution in [2.24, 2.45) is 0 Å². The summed E-state index contributed by atoms with van der Waals surface area (Å²) in [6.07, 6.45) is 0. The van der Waals surface area contributed by atoms with E-state index in [2.05, 4.69) is 28.1 Å². The van der Waals surface area contributed by atoms with E-state index in [0.29, 0.717) is 17.9 Å². The molecule has 2 heterocycles. The maximum Gasteiger partial charge on any atom is 0.255 e. The normalized spacial score (nSPS) is 14.6. The van der Waals surface area contributed by atoms with Crippen LogP contribution in [0.1, 0.15) is 15.9 Å². The van der Waals surface area contributed by atoms with E-state index in [9.17, 15) is 4.79 Å². The molecule has 0 bridgehead atoms. The number of hydrogen-bond acceptors (Lipinski definition) is 7. The summed E-state index contributed by atoms with van der Waals surface area (Å²) in [6.45, 7) is 7.26. The van der Waals surface area contributed by atoms with E-state index in [0.717, 1.165) is 49.1 Å². The van der Waals surface area contributed by atoms with Gasteiger partial charge in [0.2, 0.25) is 0 Å². The maximum atomic E-state index is 12.4. The van der Waals surface area contributed by atoms with E-state index in [-0.39, 0.29) is 5.91 Å². The second kappa shape index (κ2) is 9.53. The summed E-state index contributed by atoms with van der Waals surface area (Å²) < 4.78 is 11.9. The molecule has 1 fully saturated rings. The van der Waals surface area contributed by atoms with Crippen LogP contribution in [0.25, 0.3) is 10.2 Å². The molecule has 0 spiro atoms. The predicted molar refractivity (Wildman–Crippen MR) is 125 cm³/mol. The van der Waals surface area contributed by atoms with Crippen LogP contribution in [0.2, 0.25) is 0 Å². The highest BCUT2D eigenvalue weighted by Crippen LogP contribution is 2.36. The second-order valence-corrected chi connectivity index (χ2v) is 8.52. The number of fused-ring (bicyclic) bond motifs is 1. The quantitative estimate of drug-likeness (QED) is 0.609. The zero-order chi connectivity index (χ0) is 21.8. The first kappa shape index (κ1) is 21.4. The van der Waals surface area contributed by atoms with Crippen molar-refractivity contribution in [2.45, 2.75) is 6.92 Å². The smallest absolute Gasteiger partial charge is 0.255 e. The van der Waals surface area contributed by atoms with Crippen molar-refractivity contribution in [1.29, 1.82) is 0 Å². The van der Waals surface area contributed by atoms with E-state index in [4.69, 9.17) is 14.5 Å². The van der Waals surface area contributed by atoms with Crippen molar-refractivity contribution < 1.29 is 14.3 Å². The molecule has 3 aromatic rings. The number of ether oxygens (including phenoxy) is 2. The number of benzene rings is 2. The number of nitrogens with zero attached hydrogens (tertiary/aromatic N) is 3. The predicted octanol–water partition coefficient (Wildman–Crippen LogP) is 3.17. The molecule has 0 radical (unpaired) electrons. The molecule has 0 saturated carbocycles. The third kappa shape index (κ3) is 4.60. The molecule has 0 aliphatic carbocycles. The third-order valence-corrected chi connectivity index (χ3v) is 6.87. The zero-order valence-corrected chi connectivity index (χ0v) is 19.0. The van der Waals surface area contributed by atoms with Gasteiger partial charge in [0, 0.05) is 39.3 Å². The van der Waals surface area contributed by atoms with E-state index < -0.39 is 0 Å². The number of carbonyl (C=O) groups is 1. The number of thiazole rings is 1. The number of hydrogen-bond donors (Lipinski definition) is 1. The van der Waals surface area contributed by atoms with Gasteiger partial charge in [-0.3, -0.25) is 9.69 Å². The number of aryl methyl sites for hydroxylation is 1. The summed E-state index contributed by atoms with van der Waals surface area (Å²) in [6, 6.07) is 11.3. The van der Waals surface area contributed by atoms with Gasteiger partial charge in [0.05, 0.1) is 24.5 Å². The maximum absolute atomic E-state index is 12.4. The zero-order valence-electron chi connectivity index (χ0n) is 18.2. The van der Waals surface area contributed by atoms with Gasteiger partial charge in [-0.15, -0.1) is 0 Å². The highest BCUT2D eigenvalue weighted by atomic mass is 32.1. The van der Waals surface area contributed by atoms with Gasteiger partial charge < -0.3 is 19.7 Å². The number of nitrogens with one attached hydrogen (secondary N) is 1. The third-order valence-electron chi connectivity index (χ3n) is 5.62. The Balaban J connectivity index is 1.30. The van der Waals surface area contributed by atoms with Gasteiger partial charge in [-0.05, 0) is 30.7 Å². The Kier molecular flexibility index (Phi) is 6.58. The van der Waals surface area contributed by atoms with Crippen LogP contribution in [-0.4, -0.2) is 69.3 Å². The first-order chi connectivity index (χ1) is 15.1. The van der Waals surface area contributed by atoms with Gasteiger partial charge >= 0.3 is 0 Å². The van der Waals surface area contributed by atoms with E-state index in [1.807, 2.05) is 18.2 Å². The Bertz CT molecular complexity index is 1060. The van der Waals surface area contributed by atoms with Crippen molar-refractivity contribution in [3.05, 3.63) is 47.5 Å². The Labute approximate surface area is 186 Å². The van der Waals surface area contributed by atoms with Crippen molar-refractivity contribution in [3.63, 3.8) is 0 Å². The number of anilines is 1. The Morgan fingerprint density at radius 1 is 1.06 bits per heavy atom. The molecule has 1 saturated heterocycles. The molecule has 7 nitrogen and oxygen atoms in total. The fraction of sp³-hybridized carbons (Fsp3) is 0.391. The van der Waals surface area contributed by atoms with Crippen LogP contribution in [-0.2, 0) is 0 Å². The second-order valence-electron chi connectivity index (χ2n) is 7.54. The van der Waals surface area contributed by atoms with Crippen LogP contribution >= 0.6 is 11.3 Å². The molecule has 1 aliphatic rings. The Hall–Kier alpha value is -2.84. The molecule has 31 heavy (non-hydrogen) atoms. The standard InChI is InChI=1S/C23H28N4O3S/c1-16-8-9-19(30-3)20-21(16)31-23(25-20)27-14-12-26(13-15-27)11-10-24-22(28)17-6-4-5-7-18(17)29-2/h4-9H,10-15H2,1-3H3,(H,24,28). The molecule has 1 N–H and O–H groups in total. The van der Waals surface area contributed by atoms with Crippen LogP contribution in [0.15, 0.2) is 36.4 Å². The summed E-state index contributed by atoms with van der Waals surface area (Å²) in [5.74, 6) is 1.32. The van der Waals surface area contributed by atoms with Crippen LogP contribution < -0.4 is 19.7 Å². The molecule has 1 aliphatic heterocycles. The van der Waals surface area contributed by atoms with Gasteiger partial charge in [-0.25, -0.2) is 4.98 Å². The highest BCUT2D eigenvalue weighted by Gasteiger charge is 2.21. The molecule has 1 aromatic heterocycles. The molecular formula is C23H28N4O3S. The largest absolute Gasteiger partial charge is 0.496 e. The van der Waals surface area contributed by atoms with Crippen LogP contribution in [0.4, 0.5) is 5.13 Å². The fourth-order valence-corrected chi connectivity index (χ4v) is 4.92. The summed E-state index contributed by atoms with van der Waals surface area (Å²) in [4.78, 5) is 22.0. The Morgan fingerprint density at radius 2 is 1.81 bits per heavy atom. The number of rotatable bonds is 7. The molecule has 0 atom stereocenters. The minimum absolute atomic E-state index is 0.102. The van der Waals surface area contributed by atoms with E-state index >= 15 is 0 Å². The number of aromatic nitrogens is 1. The topological polar surface area (TPSA) is 66.9 Å². The lowest BCUT2D eigenvalue weighted by atomic mass is 10.2. The van der Waals surface area contributed by atoms with Gasteiger partial charge in [-0.2, -0.15) is 0 Å². The summed E-state index contributed by atoms with van der Waals surface area (Å²) in [5, 5.41) is 4.05. The molecule has 2 aromatic carbocycles. The lowest BCUT2D eigenvalue weighted by Crippen LogP contribution is -2.48. The van der Waals surface area contributed by atoms with Crippen molar-refractivity contribution in [2.75, 3.05) is 58.4 Å². The number of piperazine rings is 1. The summed E-state index contributed by atoms with van der Waals surface area (Å²) in [7, 11) is 3.27. The van der Waals surface area contributed by atoms with Crippen molar-refractivity contribution in [1.82, 2.24) is 15.2 Å². The van der Waals surface area contributed by atoms with Crippen LogP contribution in [0.3, 0.4) is 0 Å². The number of methoxy groups -OCH3 is 2. The minimum atomic E-state index is -0.102. The SMILES string of the molecule is COc1ccccc1C(=O)NCCN1CCN(c2nc3c(OC)ccc(C)c3s2)CC1. The molecule has 4 rings (SSSR count). The van der Waals surface area contributed by atoms with Gasteiger partial charge in [0.1, 0.15) is 17.0 Å². The van der Waals surface area contributed by atoms with Crippen LogP contribution in [0, 0.1) is 6.92 Å². The lowest BCUT2D eigenvalue weighted by molar-refractivity contribution is 0.0944. The van der Waals surface area contributed by atoms with Crippen LogP contribution in [0.5, 0.6) is 11.5 Å². The Morgan fingerprint density at radius 3 is 2.55 bits per heavy atom. The molecule has 8 heteroatoms. The fourth-order valence-electron chi connectivity index (χ4n) is 3.82. The highest BCUT2D eigenvalue weighted by molar-refractivity contribution is 7.22. The number of carbonyl (C=O) groups excluding carboxylic acids is 1. The first-order valence-corrected chi connectivity index (χ1v) is 11.2. The average Bonchev–Trinajstić information content (AvgIpc) is 3.26. The van der Waals surface area contributed by atoms with E-state index in [1.165, 1.54) is 10.3 Å². The molecule has 1 amide bonds. The lowest BCUT2D eigenvalue weighted by Gasteiger charge is -2.34. The summed E-state index contributed by atoms with van der Waals surface area (Å²) >= 11 is 1.73. The van der Waals surface area contributed by atoms with Gasteiger partial charge in [0.15, 0.2) is 5.13 Å². The summed E-state index contributed by atoms with van der Waals surface area (Å²) in [5.41, 5.74) is 2.74. The molecule has 0 unspecified atom stereocenters. The molecular weight excluding hydrogens is 412 g/mol. The molecule has 164 valence electrons. The van der Waals surface area contributed by atoms with Gasteiger partial charge in [-0.1, -0.05) is 29.5 Å². The van der Waals surface area contributed by atoms with E-state index in [1.54, 1.807) is 37.7 Å². The van der Waals surface area contributed by atoms with Crippen molar-refractivity contribution >= 4 is 32.6 Å². The first-order valence-electron chi connectivity index (χ1n) is 10.4. The number of amides is 1. The average molecular weight is 441 g/mol. The van der Waals surface area contributed by atoms with Crippen molar-refractivity contribution in [3.8, 4) is 11.5 Å². The monoisotopic (exact) mass is 440 g/mol. The van der Waals surface area contributed by atoms with Gasteiger partial charge in [0.25, 0.3) is 5.91 Å².